The van der Waals surface area contributed by atoms with Gasteiger partial charge in [-0.3, -0.25) is 14.9 Å². The molecule has 0 spiro atoms. The van der Waals surface area contributed by atoms with Crippen molar-refractivity contribution >= 4 is 12.0 Å². The molecule has 2 atom stereocenters. The number of nitrogens with zero attached hydrogens (tertiary/aromatic N) is 2. The second-order valence-electron chi connectivity index (χ2n) is 6.84. The summed E-state index contributed by atoms with van der Waals surface area (Å²) in [5.41, 5.74) is 1.53. The molecule has 2 amide bonds. The van der Waals surface area contributed by atoms with Gasteiger partial charge in [0.1, 0.15) is 12.4 Å². The Balaban J connectivity index is 1.80. The molecule has 1 heterocycles. The highest BCUT2D eigenvalue weighted by atomic mass is 16.6. The predicted octanol–water partition coefficient (Wildman–Crippen LogP) is 3.04. The van der Waals surface area contributed by atoms with Crippen LogP contribution in [0.15, 0.2) is 54.6 Å². The van der Waals surface area contributed by atoms with E-state index in [1.807, 2.05) is 30.3 Å². The van der Waals surface area contributed by atoms with Gasteiger partial charge in [-0.2, -0.15) is 0 Å². The molecule has 1 fully saturated rings. The van der Waals surface area contributed by atoms with Crippen LogP contribution >= 0.6 is 0 Å². The first-order valence-electron chi connectivity index (χ1n) is 9.27. The maximum atomic E-state index is 13.0. The Labute approximate surface area is 168 Å². The molecule has 2 aromatic rings. The lowest BCUT2D eigenvalue weighted by Crippen LogP contribution is -2.41. The summed E-state index contributed by atoms with van der Waals surface area (Å²) in [6.45, 7) is -0.341. The molecule has 0 N–H and O–H groups in total. The standard InChI is InChI=1S/C21H22N2O6/c1-28-19-10-6-5-9-18(19)16(13-22(26)27)12-20(24)23-17(14-29-21(23)25)11-15-7-3-2-4-8-15/h2-10,16-17H,11-14H2,1H3/t16-,17+/m1/s1. The number of hydrogen-bond acceptors (Lipinski definition) is 6. The number of benzene rings is 2. The lowest BCUT2D eigenvalue weighted by molar-refractivity contribution is -0.483. The summed E-state index contributed by atoms with van der Waals surface area (Å²) in [6, 6.07) is 15.9. The minimum Gasteiger partial charge on any atom is -0.496 e. The first-order valence-corrected chi connectivity index (χ1v) is 9.27. The van der Waals surface area contributed by atoms with Crippen LogP contribution in [0.1, 0.15) is 23.5 Å². The molecule has 0 saturated carbocycles. The minimum atomic E-state index is -0.723. The first-order chi connectivity index (χ1) is 14.0. The minimum absolute atomic E-state index is 0.105. The van der Waals surface area contributed by atoms with Crippen molar-refractivity contribution in [2.24, 2.45) is 0 Å². The number of carbonyl (C=O) groups excluding carboxylic acids is 2. The summed E-state index contributed by atoms with van der Waals surface area (Å²) in [5.74, 6) is -0.748. The molecular formula is C21H22N2O6. The molecule has 152 valence electrons. The summed E-state index contributed by atoms with van der Waals surface area (Å²) in [4.78, 5) is 37.0. The van der Waals surface area contributed by atoms with Gasteiger partial charge in [-0.1, -0.05) is 48.5 Å². The number of carbonyl (C=O) groups is 2. The van der Waals surface area contributed by atoms with Crippen molar-refractivity contribution in [3.8, 4) is 5.75 Å². The first kappa shape index (κ1) is 20.3. The zero-order chi connectivity index (χ0) is 20.8. The van der Waals surface area contributed by atoms with Crippen LogP contribution in [-0.2, 0) is 16.0 Å². The van der Waals surface area contributed by atoms with Crippen LogP contribution in [0.3, 0.4) is 0 Å². The maximum Gasteiger partial charge on any atom is 0.416 e. The summed E-state index contributed by atoms with van der Waals surface area (Å²) < 4.78 is 10.4. The normalized spacial score (nSPS) is 16.9. The Morgan fingerprint density at radius 3 is 2.62 bits per heavy atom. The highest BCUT2D eigenvalue weighted by molar-refractivity contribution is 5.94. The Kier molecular flexibility index (Phi) is 6.43. The molecule has 0 aliphatic carbocycles. The topological polar surface area (TPSA) is 99.0 Å². The largest absolute Gasteiger partial charge is 0.496 e. The van der Waals surface area contributed by atoms with E-state index in [-0.39, 0.29) is 13.0 Å². The molecule has 0 aromatic heterocycles. The number of para-hydroxylation sites is 1. The van der Waals surface area contributed by atoms with Crippen molar-refractivity contribution in [2.45, 2.75) is 24.8 Å². The number of rotatable bonds is 8. The lowest BCUT2D eigenvalue weighted by atomic mass is 9.93. The highest BCUT2D eigenvalue weighted by Gasteiger charge is 2.39. The van der Waals surface area contributed by atoms with Crippen molar-refractivity contribution in [3.63, 3.8) is 0 Å². The SMILES string of the molecule is COc1ccccc1[C@H](CC(=O)N1C(=O)OC[C@@H]1Cc1ccccc1)C[N+](=O)[O-]. The third kappa shape index (κ3) is 4.90. The maximum absolute atomic E-state index is 13.0. The van der Waals surface area contributed by atoms with Crippen molar-refractivity contribution in [3.05, 3.63) is 75.8 Å². The zero-order valence-corrected chi connectivity index (χ0v) is 16.0. The van der Waals surface area contributed by atoms with Crippen molar-refractivity contribution in [2.75, 3.05) is 20.3 Å². The fourth-order valence-corrected chi connectivity index (χ4v) is 3.57. The van der Waals surface area contributed by atoms with Crippen molar-refractivity contribution in [1.82, 2.24) is 4.90 Å². The molecule has 0 unspecified atom stereocenters. The smallest absolute Gasteiger partial charge is 0.416 e. The number of ether oxygens (including phenoxy) is 2. The number of cyclic esters (lactones) is 1. The van der Waals surface area contributed by atoms with Gasteiger partial charge in [-0.05, 0) is 18.1 Å². The number of imide groups is 1. The van der Waals surface area contributed by atoms with E-state index in [0.29, 0.717) is 17.7 Å². The Morgan fingerprint density at radius 1 is 1.24 bits per heavy atom. The summed E-state index contributed by atoms with van der Waals surface area (Å²) >= 11 is 0. The van der Waals surface area contributed by atoms with Crippen molar-refractivity contribution in [1.29, 1.82) is 0 Å². The third-order valence-electron chi connectivity index (χ3n) is 4.91. The van der Waals surface area contributed by atoms with E-state index in [1.54, 1.807) is 24.3 Å². The molecule has 29 heavy (non-hydrogen) atoms. The van der Waals surface area contributed by atoms with Crippen LogP contribution in [0.4, 0.5) is 4.79 Å². The Bertz CT molecular complexity index is 886. The summed E-state index contributed by atoms with van der Waals surface area (Å²) in [7, 11) is 1.47. The van der Waals surface area contributed by atoms with Gasteiger partial charge in [-0.25, -0.2) is 9.69 Å². The molecule has 8 heteroatoms. The average molecular weight is 398 g/mol. The summed E-state index contributed by atoms with van der Waals surface area (Å²) in [6.07, 6.45) is -0.440. The summed E-state index contributed by atoms with van der Waals surface area (Å²) in [5, 5.41) is 11.2. The van der Waals surface area contributed by atoms with Crippen LogP contribution < -0.4 is 4.74 Å². The third-order valence-corrected chi connectivity index (χ3v) is 4.91. The molecule has 8 nitrogen and oxygen atoms in total. The molecule has 1 aliphatic heterocycles. The van der Waals surface area contributed by atoms with Crippen LogP contribution in [-0.4, -0.2) is 48.1 Å². The van der Waals surface area contributed by atoms with E-state index < -0.39 is 35.4 Å². The van der Waals surface area contributed by atoms with E-state index in [1.165, 1.54) is 7.11 Å². The van der Waals surface area contributed by atoms with Crippen LogP contribution in [0.5, 0.6) is 5.75 Å². The van der Waals surface area contributed by atoms with Crippen LogP contribution in [0.2, 0.25) is 0 Å². The van der Waals surface area contributed by atoms with Gasteiger partial charge in [-0.15, -0.1) is 0 Å². The van der Waals surface area contributed by atoms with Crippen molar-refractivity contribution < 1.29 is 24.0 Å². The van der Waals surface area contributed by atoms with Crippen LogP contribution in [0, 0.1) is 10.1 Å². The Morgan fingerprint density at radius 2 is 1.93 bits per heavy atom. The highest BCUT2D eigenvalue weighted by Crippen LogP contribution is 2.31. The Hall–Kier alpha value is -3.42. The fourth-order valence-electron chi connectivity index (χ4n) is 3.57. The molecular weight excluding hydrogens is 376 g/mol. The average Bonchev–Trinajstić information content (AvgIpc) is 3.08. The number of methoxy groups -OCH3 is 1. The predicted molar refractivity (Wildman–Crippen MR) is 104 cm³/mol. The van der Waals surface area contributed by atoms with E-state index >= 15 is 0 Å². The van der Waals surface area contributed by atoms with Gasteiger partial charge in [0.15, 0.2) is 0 Å². The van der Waals surface area contributed by atoms with Gasteiger partial charge in [0.05, 0.1) is 19.1 Å². The van der Waals surface area contributed by atoms with E-state index in [2.05, 4.69) is 0 Å². The van der Waals surface area contributed by atoms with E-state index in [4.69, 9.17) is 9.47 Å². The monoisotopic (exact) mass is 398 g/mol. The van der Waals surface area contributed by atoms with E-state index in [9.17, 15) is 19.7 Å². The molecule has 0 bridgehead atoms. The zero-order valence-electron chi connectivity index (χ0n) is 16.0. The molecule has 0 radical (unpaired) electrons. The number of amides is 2. The van der Waals surface area contributed by atoms with Gasteiger partial charge < -0.3 is 9.47 Å². The second kappa shape index (κ2) is 9.18. The lowest BCUT2D eigenvalue weighted by Gasteiger charge is -2.22. The fraction of sp³-hybridized carbons (Fsp3) is 0.333. The molecule has 3 rings (SSSR count). The van der Waals surface area contributed by atoms with E-state index in [0.717, 1.165) is 10.5 Å². The van der Waals surface area contributed by atoms with Gasteiger partial charge >= 0.3 is 6.09 Å². The van der Waals surface area contributed by atoms with Gasteiger partial charge in [0.25, 0.3) is 0 Å². The molecule has 1 aliphatic rings. The quantitative estimate of drug-likeness (QED) is 0.501. The van der Waals surface area contributed by atoms with Gasteiger partial charge in [0.2, 0.25) is 12.5 Å². The second-order valence-corrected chi connectivity index (χ2v) is 6.84. The van der Waals surface area contributed by atoms with Crippen LogP contribution in [0.25, 0.3) is 0 Å². The number of hydrogen-bond donors (Lipinski definition) is 0. The van der Waals surface area contributed by atoms with Gasteiger partial charge in [0, 0.05) is 16.9 Å². The molecule has 1 saturated heterocycles. The molecule has 2 aromatic carbocycles. The number of nitro groups is 1.